The van der Waals surface area contributed by atoms with Crippen molar-refractivity contribution in [2.24, 2.45) is 0 Å². The van der Waals surface area contributed by atoms with Crippen LogP contribution in [-0.2, 0) is 9.63 Å². The Kier molecular flexibility index (Phi) is 3.74. The van der Waals surface area contributed by atoms with Gasteiger partial charge in [0.1, 0.15) is 0 Å². The summed E-state index contributed by atoms with van der Waals surface area (Å²) < 4.78 is 35.4. The molecule has 1 rings (SSSR count). The first-order chi connectivity index (χ1) is 6.50. The number of hydroxylamine groups is 2. The fourth-order valence-electron chi connectivity index (χ4n) is 1.30. The van der Waals surface area contributed by atoms with Crippen LogP contribution in [-0.4, -0.2) is 30.3 Å². The van der Waals surface area contributed by atoms with Gasteiger partial charge in [-0.1, -0.05) is 12.8 Å². The maximum atomic E-state index is 11.8. The maximum absolute atomic E-state index is 11.8. The maximum Gasteiger partial charge on any atom is 0.492 e. The minimum atomic E-state index is -4.90. The molecule has 1 saturated heterocycles. The van der Waals surface area contributed by atoms with E-state index in [9.17, 15) is 18.0 Å². The van der Waals surface area contributed by atoms with Crippen LogP contribution < -0.4 is 0 Å². The number of alkyl halides is 3. The Morgan fingerprint density at radius 1 is 1.07 bits per heavy atom. The summed E-state index contributed by atoms with van der Waals surface area (Å²) in [7, 11) is 0. The molecule has 1 heterocycles. The van der Waals surface area contributed by atoms with E-state index < -0.39 is 12.1 Å². The van der Waals surface area contributed by atoms with Crippen molar-refractivity contribution in [3.05, 3.63) is 0 Å². The number of carbonyl (C=O) groups excluding carboxylic acids is 1. The second-order valence-electron chi connectivity index (χ2n) is 3.22. The lowest BCUT2D eigenvalue weighted by Crippen LogP contribution is -2.35. The van der Waals surface area contributed by atoms with Gasteiger partial charge in [-0.2, -0.15) is 13.2 Å². The highest BCUT2D eigenvalue weighted by atomic mass is 19.4. The first kappa shape index (κ1) is 11.3. The SMILES string of the molecule is O=C(ON1CCCCCC1)C(F)(F)F. The molecule has 14 heavy (non-hydrogen) atoms. The second-order valence-corrected chi connectivity index (χ2v) is 3.22. The molecule has 0 atom stereocenters. The highest BCUT2D eigenvalue weighted by Crippen LogP contribution is 2.18. The molecule has 1 aliphatic heterocycles. The van der Waals surface area contributed by atoms with Crippen molar-refractivity contribution >= 4 is 5.97 Å². The lowest BCUT2D eigenvalue weighted by Gasteiger charge is -2.19. The number of rotatable bonds is 1. The number of hydrogen-bond donors (Lipinski definition) is 0. The Morgan fingerprint density at radius 3 is 2.00 bits per heavy atom. The molecule has 0 spiro atoms. The zero-order valence-electron chi connectivity index (χ0n) is 7.64. The predicted molar refractivity (Wildman–Crippen MR) is 42.2 cm³/mol. The number of halogens is 3. The Morgan fingerprint density at radius 2 is 1.57 bits per heavy atom. The Balaban J connectivity index is 2.38. The van der Waals surface area contributed by atoms with Gasteiger partial charge in [-0.15, -0.1) is 5.06 Å². The summed E-state index contributed by atoms with van der Waals surface area (Å²) in [6.07, 6.45) is -1.41. The quantitative estimate of drug-likeness (QED) is 0.663. The molecule has 0 saturated carbocycles. The molecule has 0 unspecified atom stereocenters. The fraction of sp³-hybridized carbons (Fsp3) is 0.875. The largest absolute Gasteiger partial charge is 0.492 e. The van der Waals surface area contributed by atoms with E-state index in [1.165, 1.54) is 0 Å². The van der Waals surface area contributed by atoms with Gasteiger partial charge >= 0.3 is 12.1 Å². The smallest absolute Gasteiger partial charge is 0.361 e. The van der Waals surface area contributed by atoms with Crippen molar-refractivity contribution in [1.82, 2.24) is 5.06 Å². The first-order valence-electron chi connectivity index (χ1n) is 4.54. The van der Waals surface area contributed by atoms with Gasteiger partial charge in [0.2, 0.25) is 0 Å². The molecule has 0 radical (unpaired) electrons. The van der Waals surface area contributed by atoms with Crippen molar-refractivity contribution in [2.45, 2.75) is 31.9 Å². The van der Waals surface area contributed by atoms with Crippen molar-refractivity contribution in [2.75, 3.05) is 13.1 Å². The molecule has 0 aromatic carbocycles. The molecule has 0 aromatic rings. The van der Waals surface area contributed by atoms with E-state index >= 15 is 0 Å². The van der Waals surface area contributed by atoms with Gasteiger partial charge in [0.25, 0.3) is 0 Å². The third-order valence-electron chi connectivity index (χ3n) is 2.01. The number of carbonyl (C=O) groups is 1. The van der Waals surface area contributed by atoms with E-state index in [1.807, 2.05) is 0 Å². The van der Waals surface area contributed by atoms with Gasteiger partial charge in [-0.3, -0.25) is 0 Å². The molecule has 6 heteroatoms. The average molecular weight is 211 g/mol. The lowest BCUT2D eigenvalue weighted by molar-refractivity contribution is -0.238. The molecule has 0 aliphatic carbocycles. The highest BCUT2D eigenvalue weighted by Gasteiger charge is 2.42. The fourth-order valence-corrected chi connectivity index (χ4v) is 1.30. The molecule has 0 aromatic heterocycles. The van der Waals surface area contributed by atoms with E-state index in [0.29, 0.717) is 13.1 Å². The van der Waals surface area contributed by atoms with Gasteiger partial charge in [0.15, 0.2) is 0 Å². The second kappa shape index (κ2) is 4.63. The van der Waals surface area contributed by atoms with Gasteiger partial charge in [-0.05, 0) is 12.8 Å². The first-order valence-corrected chi connectivity index (χ1v) is 4.54. The summed E-state index contributed by atoms with van der Waals surface area (Å²) >= 11 is 0. The Labute approximate surface area is 79.8 Å². The summed E-state index contributed by atoms with van der Waals surface area (Å²) in [5.41, 5.74) is 0. The molecule has 3 nitrogen and oxygen atoms in total. The molecule has 1 aliphatic rings. The highest BCUT2D eigenvalue weighted by molar-refractivity contribution is 5.75. The molecule has 1 fully saturated rings. The van der Waals surface area contributed by atoms with Crippen LogP contribution >= 0.6 is 0 Å². The minimum Gasteiger partial charge on any atom is -0.361 e. The van der Waals surface area contributed by atoms with Crippen LogP contribution in [0.15, 0.2) is 0 Å². The molecule has 82 valence electrons. The number of hydrogen-bond acceptors (Lipinski definition) is 3. The van der Waals surface area contributed by atoms with Crippen molar-refractivity contribution in [3.63, 3.8) is 0 Å². The van der Waals surface area contributed by atoms with Gasteiger partial charge in [0.05, 0.1) is 0 Å². The lowest BCUT2D eigenvalue weighted by atomic mass is 10.2. The molecular weight excluding hydrogens is 199 g/mol. The number of nitrogens with zero attached hydrogens (tertiary/aromatic N) is 1. The normalized spacial score (nSPS) is 20.2. The predicted octanol–water partition coefficient (Wildman–Crippen LogP) is 1.88. The third-order valence-corrected chi connectivity index (χ3v) is 2.01. The van der Waals surface area contributed by atoms with Crippen LogP contribution in [0.1, 0.15) is 25.7 Å². The van der Waals surface area contributed by atoms with Gasteiger partial charge in [-0.25, -0.2) is 4.79 Å². The van der Waals surface area contributed by atoms with E-state index in [1.54, 1.807) is 0 Å². The van der Waals surface area contributed by atoms with Crippen LogP contribution in [0.25, 0.3) is 0 Å². The minimum absolute atomic E-state index is 0.391. The summed E-state index contributed by atoms with van der Waals surface area (Å²) in [6, 6.07) is 0. The zero-order valence-corrected chi connectivity index (χ0v) is 7.64. The van der Waals surface area contributed by atoms with E-state index in [-0.39, 0.29) is 0 Å². The van der Waals surface area contributed by atoms with Crippen molar-refractivity contribution in [3.8, 4) is 0 Å². The summed E-state index contributed by atoms with van der Waals surface area (Å²) in [4.78, 5) is 14.7. The zero-order chi connectivity index (χ0) is 10.6. The van der Waals surface area contributed by atoms with Crippen LogP contribution in [0.4, 0.5) is 13.2 Å². The van der Waals surface area contributed by atoms with E-state index in [2.05, 4.69) is 4.84 Å². The molecular formula is C8H12F3NO2. The van der Waals surface area contributed by atoms with Crippen LogP contribution in [0.2, 0.25) is 0 Å². The summed E-state index contributed by atoms with van der Waals surface area (Å²) in [5, 5.41) is 1.10. The standard InChI is InChI=1S/C8H12F3NO2/c9-8(10,11)7(13)14-12-5-3-1-2-4-6-12/h1-6H2. The summed E-state index contributed by atoms with van der Waals surface area (Å²) in [6.45, 7) is 0.781. The Hall–Kier alpha value is -0.780. The van der Waals surface area contributed by atoms with Crippen LogP contribution in [0, 0.1) is 0 Å². The van der Waals surface area contributed by atoms with Gasteiger partial charge < -0.3 is 4.84 Å². The topological polar surface area (TPSA) is 29.5 Å². The molecule has 0 N–H and O–H groups in total. The average Bonchev–Trinajstić information content (AvgIpc) is 2.31. The molecule has 0 amide bonds. The third kappa shape index (κ3) is 3.53. The van der Waals surface area contributed by atoms with Crippen LogP contribution in [0.3, 0.4) is 0 Å². The monoisotopic (exact) mass is 211 g/mol. The van der Waals surface area contributed by atoms with E-state index in [0.717, 1.165) is 30.7 Å². The van der Waals surface area contributed by atoms with E-state index in [4.69, 9.17) is 0 Å². The van der Waals surface area contributed by atoms with Crippen LogP contribution in [0.5, 0.6) is 0 Å². The summed E-state index contributed by atoms with van der Waals surface area (Å²) in [5.74, 6) is -2.13. The molecule has 0 bridgehead atoms. The Bertz CT molecular complexity index is 197. The van der Waals surface area contributed by atoms with Crippen molar-refractivity contribution < 1.29 is 22.8 Å². The van der Waals surface area contributed by atoms with Crippen molar-refractivity contribution in [1.29, 1.82) is 0 Å². The van der Waals surface area contributed by atoms with Gasteiger partial charge in [0, 0.05) is 13.1 Å².